The molecule has 0 atom stereocenters. The number of hydrogen-bond acceptors (Lipinski definition) is 2. The van der Waals surface area contributed by atoms with Gasteiger partial charge in [0.2, 0.25) is 0 Å². The number of nitrogens with two attached hydrogens (primary N) is 1. The molecule has 0 aromatic heterocycles. The van der Waals surface area contributed by atoms with Gasteiger partial charge in [0.1, 0.15) is 0 Å². The van der Waals surface area contributed by atoms with Crippen molar-refractivity contribution in [1.82, 2.24) is 0 Å². The van der Waals surface area contributed by atoms with Gasteiger partial charge in [0, 0.05) is 10.8 Å². The Bertz CT molecular complexity index is 746. The molecule has 0 amide bonds. The first-order chi connectivity index (χ1) is 13.4. The van der Waals surface area contributed by atoms with Gasteiger partial charge in [0.05, 0.1) is 0 Å². The van der Waals surface area contributed by atoms with Gasteiger partial charge in [-0.2, -0.15) is 0 Å². The van der Waals surface area contributed by atoms with E-state index in [-0.39, 0.29) is 5.92 Å². The second-order valence-electron chi connectivity index (χ2n) is 6.88. The van der Waals surface area contributed by atoms with Gasteiger partial charge in [0.25, 0.3) is 0 Å². The maximum Gasteiger partial charge on any atom is 0.0340 e. The van der Waals surface area contributed by atoms with Crippen LogP contribution < -0.4 is 5.73 Å². The Labute approximate surface area is 168 Å². The van der Waals surface area contributed by atoms with E-state index < -0.39 is 0 Å². The van der Waals surface area contributed by atoms with Gasteiger partial charge in [-0.05, 0) is 54.0 Å². The molecule has 0 radical (unpaired) electrons. The van der Waals surface area contributed by atoms with Crippen LogP contribution in [0.2, 0.25) is 0 Å². The Hall–Kier alpha value is -2.03. The zero-order chi connectivity index (χ0) is 18.7. The highest BCUT2D eigenvalue weighted by Crippen LogP contribution is 2.33. The fourth-order valence-electron chi connectivity index (χ4n) is 3.44. The highest BCUT2D eigenvalue weighted by Gasteiger charge is 2.16. The van der Waals surface area contributed by atoms with Crippen LogP contribution in [0.25, 0.3) is 0 Å². The van der Waals surface area contributed by atoms with Crippen molar-refractivity contribution >= 4 is 11.8 Å². The summed E-state index contributed by atoms with van der Waals surface area (Å²) < 4.78 is 0. The maximum absolute atomic E-state index is 5.57. The Kier molecular flexibility index (Phi) is 8.01. The van der Waals surface area contributed by atoms with Gasteiger partial charge >= 0.3 is 0 Å². The van der Waals surface area contributed by atoms with Crippen molar-refractivity contribution < 1.29 is 0 Å². The molecule has 0 saturated carbocycles. The molecule has 2 N–H and O–H groups in total. The average Bonchev–Trinajstić information content (AvgIpc) is 2.73. The molecule has 0 heterocycles. The third-order valence-electron chi connectivity index (χ3n) is 4.82. The molecule has 1 nitrogen and oxygen atoms in total. The molecular weight excluding hydrogens is 346 g/mol. The second-order valence-corrected chi connectivity index (χ2v) is 8.05. The molecule has 27 heavy (non-hydrogen) atoms. The van der Waals surface area contributed by atoms with Gasteiger partial charge in [-0.15, -0.1) is 11.8 Å². The first-order valence-corrected chi connectivity index (χ1v) is 10.9. The largest absolute Gasteiger partial charge is 0.330 e. The zero-order valence-electron chi connectivity index (χ0n) is 15.9. The van der Waals surface area contributed by atoms with Crippen molar-refractivity contribution in [3.8, 4) is 0 Å². The monoisotopic (exact) mass is 375 g/mol. The summed E-state index contributed by atoms with van der Waals surface area (Å²) in [5.74, 6) is 1.45. The molecule has 0 aliphatic rings. The molecule has 3 aromatic carbocycles. The van der Waals surface area contributed by atoms with Crippen LogP contribution in [0.15, 0.2) is 89.8 Å². The first-order valence-electron chi connectivity index (χ1n) is 9.91. The molecule has 3 rings (SSSR count). The molecule has 0 aliphatic heterocycles. The number of unbranched alkanes of at least 4 members (excludes halogenated alkanes) is 3. The van der Waals surface area contributed by atoms with E-state index in [1.807, 2.05) is 11.8 Å². The molecular formula is C25H29NS. The Morgan fingerprint density at radius 1 is 0.630 bits per heavy atom. The van der Waals surface area contributed by atoms with E-state index in [9.17, 15) is 0 Å². The molecule has 0 fully saturated rings. The molecule has 140 valence electrons. The third-order valence-corrected chi connectivity index (χ3v) is 5.90. The first kappa shape index (κ1) is 19.7. The van der Waals surface area contributed by atoms with Gasteiger partial charge in [-0.1, -0.05) is 85.6 Å². The smallest absolute Gasteiger partial charge is 0.0340 e. The summed E-state index contributed by atoms with van der Waals surface area (Å²) >= 11 is 1.97. The normalized spacial score (nSPS) is 11.0. The van der Waals surface area contributed by atoms with Gasteiger partial charge in [-0.25, -0.2) is 0 Å². The molecule has 0 bridgehead atoms. The van der Waals surface area contributed by atoms with Crippen molar-refractivity contribution in [3.05, 3.63) is 102 Å². The molecule has 0 aliphatic carbocycles. The molecule has 0 saturated heterocycles. The van der Waals surface area contributed by atoms with Gasteiger partial charge in [0.15, 0.2) is 0 Å². The lowest BCUT2D eigenvalue weighted by atomic mass is 9.85. The maximum atomic E-state index is 5.57. The van der Waals surface area contributed by atoms with E-state index in [4.69, 9.17) is 5.73 Å². The van der Waals surface area contributed by atoms with Crippen molar-refractivity contribution in [2.75, 3.05) is 12.3 Å². The standard InChI is InChI=1S/C25H29NS/c26-18-9-1-2-10-19-27-24-17-11-16-23(20-24)25(21-12-5-3-6-13-21)22-14-7-4-8-15-22/h3-8,11-17,20,25H,1-2,9-10,18-19,26H2. The summed E-state index contributed by atoms with van der Waals surface area (Å²) in [6.45, 7) is 0.815. The third kappa shape index (κ3) is 5.98. The highest BCUT2D eigenvalue weighted by molar-refractivity contribution is 7.99. The summed E-state index contributed by atoms with van der Waals surface area (Å²) in [6.07, 6.45) is 4.94. The summed E-state index contributed by atoms with van der Waals surface area (Å²) in [7, 11) is 0. The predicted molar refractivity (Wildman–Crippen MR) is 119 cm³/mol. The fraction of sp³-hybridized carbons (Fsp3) is 0.280. The number of benzene rings is 3. The van der Waals surface area contributed by atoms with E-state index in [0.29, 0.717) is 0 Å². The molecule has 3 aromatic rings. The lowest BCUT2D eigenvalue weighted by Crippen LogP contribution is -2.03. The SMILES string of the molecule is NCCCCCCSc1cccc(C(c2ccccc2)c2ccccc2)c1. The summed E-state index contributed by atoms with van der Waals surface area (Å²) in [5.41, 5.74) is 9.61. The zero-order valence-corrected chi connectivity index (χ0v) is 16.7. The second kappa shape index (κ2) is 11.0. The van der Waals surface area contributed by atoms with Crippen LogP contribution >= 0.6 is 11.8 Å². The van der Waals surface area contributed by atoms with E-state index in [0.717, 1.165) is 13.0 Å². The van der Waals surface area contributed by atoms with Crippen LogP contribution in [0.3, 0.4) is 0 Å². The van der Waals surface area contributed by atoms with E-state index in [1.165, 1.54) is 46.6 Å². The fourth-order valence-corrected chi connectivity index (χ4v) is 4.42. The quantitative estimate of drug-likeness (QED) is 0.249. The lowest BCUT2D eigenvalue weighted by Gasteiger charge is -2.19. The molecule has 0 spiro atoms. The topological polar surface area (TPSA) is 26.0 Å². The van der Waals surface area contributed by atoms with Gasteiger partial charge < -0.3 is 5.73 Å². The number of hydrogen-bond donors (Lipinski definition) is 1. The van der Waals surface area contributed by atoms with E-state index >= 15 is 0 Å². The van der Waals surface area contributed by atoms with Crippen molar-refractivity contribution in [1.29, 1.82) is 0 Å². The minimum Gasteiger partial charge on any atom is -0.330 e. The van der Waals surface area contributed by atoms with Crippen LogP contribution in [0.5, 0.6) is 0 Å². The van der Waals surface area contributed by atoms with Crippen LogP contribution in [0.1, 0.15) is 48.3 Å². The van der Waals surface area contributed by atoms with Crippen LogP contribution in [-0.2, 0) is 0 Å². The average molecular weight is 376 g/mol. The number of thioether (sulfide) groups is 1. The summed E-state index contributed by atoms with van der Waals surface area (Å²) in [6, 6.07) is 30.7. The Morgan fingerprint density at radius 2 is 1.22 bits per heavy atom. The van der Waals surface area contributed by atoms with Crippen molar-refractivity contribution in [2.24, 2.45) is 5.73 Å². The molecule has 0 unspecified atom stereocenters. The lowest BCUT2D eigenvalue weighted by molar-refractivity contribution is 0.678. The van der Waals surface area contributed by atoms with Crippen LogP contribution in [-0.4, -0.2) is 12.3 Å². The highest BCUT2D eigenvalue weighted by atomic mass is 32.2. The van der Waals surface area contributed by atoms with Crippen molar-refractivity contribution in [3.63, 3.8) is 0 Å². The summed E-state index contributed by atoms with van der Waals surface area (Å²) in [5, 5.41) is 0. The minimum atomic E-state index is 0.275. The molecule has 2 heteroatoms. The summed E-state index contributed by atoms with van der Waals surface area (Å²) in [4.78, 5) is 1.36. The Morgan fingerprint density at radius 3 is 1.85 bits per heavy atom. The minimum absolute atomic E-state index is 0.275. The Balaban J connectivity index is 1.75. The number of rotatable bonds is 10. The predicted octanol–water partition coefficient (Wildman–Crippen LogP) is 6.48. The van der Waals surface area contributed by atoms with E-state index in [1.54, 1.807) is 0 Å². The van der Waals surface area contributed by atoms with Crippen LogP contribution in [0.4, 0.5) is 0 Å². The van der Waals surface area contributed by atoms with Crippen LogP contribution in [0, 0.1) is 0 Å². The van der Waals surface area contributed by atoms with Crippen molar-refractivity contribution in [2.45, 2.75) is 36.5 Å². The van der Waals surface area contributed by atoms with Gasteiger partial charge in [-0.3, -0.25) is 0 Å². The van der Waals surface area contributed by atoms with E-state index in [2.05, 4.69) is 84.9 Å².